The van der Waals surface area contributed by atoms with Crippen LogP contribution in [-0.4, -0.2) is 47.5 Å². The summed E-state index contributed by atoms with van der Waals surface area (Å²) >= 11 is 0. The van der Waals surface area contributed by atoms with E-state index in [4.69, 9.17) is 0 Å². The molecule has 0 N–H and O–H groups in total. The van der Waals surface area contributed by atoms with Crippen LogP contribution in [0, 0.1) is 23.7 Å². The fourth-order valence-electron chi connectivity index (χ4n) is 6.79. The highest BCUT2D eigenvalue weighted by atomic mass is 19.4. The molecule has 0 heterocycles. The van der Waals surface area contributed by atoms with Gasteiger partial charge in [0.05, 0.1) is 0 Å². The standard InChI is InChI=1S/C31H35F15O/c1-2-3-18-6-12-21(13-7-18)22-14-8-19(9-15-22)4-5-20-10-16-23(17-11-20)24(47)25(32,33)26(34,35)27(36,37)28(38,39)29(40,41)30(42,43)31(44,45)46/h10-11,16-19,21-22H,2-9,12-15H2,1H3. The van der Waals surface area contributed by atoms with Crippen molar-refractivity contribution in [3.63, 3.8) is 0 Å². The highest BCUT2D eigenvalue weighted by Crippen LogP contribution is 2.62. The van der Waals surface area contributed by atoms with Crippen molar-refractivity contribution in [2.24, 2.45) is 23.7 Å². The molecule has 1 nitrogen and oxygen atoms in total. The first-order chi connectivity index (χ1) is 21.4. The fourth-order valence-corrected chi connectivity index (χ4v) is 6.79. The molecule has 3 rings (SSSR count). The minimum Gasteiger partial charge on any atom is -0.287 e. The number of Topliss-reactive ketones (excluding diaryl/α,β-unsaturated/α-hetero) is 1. The number of benzene rings is 1. The summed E-state index contributed by atoms with van der Waals surface area (Å²) in [6.45, 7) is 2.18. The summed E-state index contributed by atoms with van der Waals surface area (Å²) in [6, 6.07) is 2.92. The largest absolute Gasteiger partial charge is 0.460 e. The Balaban J connectivity index is 1.64. The van der Waals surface area contributed by atoms with Gasteiger partial charge in [-0.3, -0.25) is 4.79 Å². The van der Waals surface area contributed by atoms with Crippen LogP contribution in [0.2, 0.25) is 0 Å². The molecule has 0 saturated heterocycles. The minimum absolute atomic E-state index is 0.318. The third kappa shape index (κ3) is 7.12. The molecule has 47 heavy (non-hydrogen) atoms. The van der Waals surface area contributed by atoms with Crippen LogP contribution in [-0.2, 0) is 6.42 Å². The number of alkyl halides is 15. The van der Waals surface area contributed by atoms with Crippen LogP contribution in [0.15, 0.2) is 24.3 Å². The predicted molar refractivity (Wildman–Crippen MR) is 141 cm³/mol. The van der Waals surface area contributed by atoms with Crippen molar-refractivity contribution in [3.8, 4) is 0 Å². The Labute approximate surface area is 261 Å². The second kappa shape index (κ2) is 13.6. The van der Waals surface area contributed by atoms with Gasteiger partial charge in [0.25, 0.3) is 0 Å². The Bertz CT molecular complexity index is 1190. The SMILES string of the molecule is CCCC1CCC(C2CCC(CCc3ccc(C(=O)C(F)(F)C(F)(F)C(F)(F)C(F)(F)C(F)(F)C(F)(F)C(F)(F)F)cc3)CC2)CC1. The molecule has 1 aromatic rings. The van der Waals surface area contributed by atoms with Gasteiger partial charge in [0.1, 0.15) is 0 Å². The van der Waals surface area contributed by atoms with Gasteiger partial charge in [-0.25, -0.2) is 0 Å². The van der Waals surface area contributed by atoms with Gasteiger partial charge >= 0.3 is 41.7 Å². The molecule has 0 aromatic heterocycles. The maximum Gasteiger partial charge on any atom is 0.460 e. The topological polar surface area (TPSA) is 17.1 Å². The Kier molecular flexibility index (Phi) is 11.4. The van der Waals surface area contributed by atoms with Crippen molar-refractivity contribution in [2.75, 3.05) is 0 Å². The van der Waals surface area contributed by atoms with Crippen LogP contribution in [0.5, 0.6) is 0 Å². The first-order valence-electron chi connectivity index (χ1n) is 15.3. The van der Waals surface area contributed by atoms with Gasteiger partial charge in [-0.2, -0.15) is 65.9 Å². The molecular weight excluding hydrogens is 673 g/mol. The molecule has 1 aromatic carbocycles. The normalized spacial score (nSPS) is 24.3. The van der Waals surface area contributed by atoms with E-state index in [0.29, 0.717) is 48.3 Å². The summed E-state index contributed by atoms with van der Waals surface area (Å²) in [6.07, 6.45) is 4.63. The van der Waals surface area contributed by atoms with Gasteiger partial charge < -0.3 is 0 Å². The molecule has 0 bridgehead atoms. The lowest BCUT2D eigenvalue weighted by molar-refractivity contribution is -0.449. The van der Waals surface area contributed by atoms with E-state index >= 15 is 0 Å². The molecule has 2 aliphatic carbocycles. The van der Waals surface area contributed by atoms with Crippen molar-refractivity contribution >= 4 is 5.78 Å². The lowest BCUT2D eigenvalue weighted by Crippen LogP contribution is -2.73. The van der Waals surface area contributed by atoms with Gasteiger partial charge in [0.15, 0.2) is 0 Å². The highest BCUT2D eigenvalue weighted by molar-refractivity contribution is 6.02. The molecule has 0 radical (unpaired) electrons. The van der Waals surface area contributed by atoms with Crippen molar-refractivity contribution in [1.29, 1.82) is 0 Å². The molecule has 0 amide bonds. The molecule has 0 unspecified atom stereocenters. The van der Waals surface area contributed by atoms with E-state index < -0.39 is 53.1 Å². The lowest BCUT2D eigenvalue weighted by Gasteiger charge is -2.41. The Morgan fingerprint density at radius 2 is 0.936 bits per heavy atom. The number of carbonyl (C=O) groups is 1. The number of aryl methyl sites for hydroxylation is 1. The molecular formula is C31H35F15O. The minimum atomic E-state index is -8.43. The number of ketones is 1. The van der Waals surface area contributed by atoms with Crippen molar-refractivity contribution in [3.05, 3.63) is 35.4 Å². The third-order valence-electron chi connectivity index (χ3n) is 9.82. The average molecular weight is 709 g/mol. The molecule has 0 spiro atoms. The second-order valence-corrected chi connectivity index (χ2v) is 12.9. The number of halogens is 15. The van der Waals surface area contributed by atoms with Gasteiger partial charge in [-0.15, -0.1) is 0 Å². The maximum atomic E-state index is 14.4. The lowest BCUT2D eigenvalue weighted by atomic mass is 9.68. The first-order valence-corrected chi connectivity index (χ1v) is 15.3. The number of rotatable bonds is 13. The summed E-state index contributed by atoms with van der Waals surface area (Å²) in [7, 11) is 0. The van der Waals surface area contributed by atoms with E-state index in [1.165, 1.54) is 38.5 Å². The smallest absolute Gasteiger partial charge is 0.287 e. The third-order valence-corrected chi connectivity index (χ3v) is 9.82. The van der Waals surface area contributed by atoms with Crippen LogP contribution in [0.4, 0.5) is 65.9 Å². The first kappa shape index (κ1) is 39.3. The molecule has 16 heteroatoms. The van der Waals surface area contributed by atoms with Crippen LogP contribution >= 0.6 is 0 Å². The van der Waals surface area contributed by atoms with E-state index in [0.717, 1.165) is 43.7 Å². The number of carbonyl (C=O) groups excluding carboxylic acids is 1. The van der Waals surface area contributed by atoms with Crippen LogP contribution in [0.3, 0.4) is 0 Å². The zero-order chi connectivity index (χ0) is 35.9. The summed E-state index contributed by atoms with van der Waals surface area (Å²) in [4.78, 5) is 12.1. The molecule has 0 aliphatic heterocycles. The molecule has 2 saturated carbocycles. The van der Waals surface area contributed by atoms with Crippen molar-refractivity contribution in [1.82, 2.24) is 0 Å². The van der Waals surface area contributed by atoms with E-state index in [2.05, 4.69) is 6.92 Å². The summed E-state index contributed by atoms with van der Waals surface area (Å²) < 4.78 is 202. The quantitative estimate of drug-likeness (QED) is 0.147. The van der Waals surface area contributed by atoms with Gasteiger partial charge in [-0.1, -0.05) is 69.7 Å². The van der Waals surface area contributed by atoms with Gasteiger partial charge in [0.2, 0.25) is 5.78 Å². The van der Waals surface area contributed by atoms with E-state index in [1.807, 2.05) is 0 Å². The van der Waals surface area contributed by atoms with Gasteiger partial charge in [0, 0.05) is 5.56 Å². The molecule has 270 valence electrons. The van der Waals surface area contributed by atoms with Crippen molar-refractivity contribution in [2.45, 2.75) is 126 Å². The number of hydrogen-bond donors (Lipinski definition) is 0. The van der Waals surface area contributed by atoms with Crippen LogP contribution in [0.25, 0.3) is 0 Å². The summed E-state index contributed by atoms with van der Waals surface area (Å²) in [5.41, 5.74) is -1.06. The highest BCUT2D eigenvalue weighted by Gasteiger charge is 2.94. The summed E-state index contributed by atoms with van der Waals surface area (Å²) in [5, 5.41) is 0. The Morgan fingerprint density at radius 1 is 0.553 bits per heavy atom. The monoisotopic (exact) mass is 708 g/mol. The van der Waals surface area contributed by atoms with Gasteiger partial charge in [-0.05, 0) is 67.8 Å². The van der Waals surface area contributed by atoms with Crippen LogP contribution < -0.4 is 0 Å². The number of hydrogen-bond acceptors (Lipinski definition) is 1. The Hall–Kier alpha value is -2.16. The van der Waals surface area contributed by atoms with Crippen molar-refractivity contribution < 1.29 is 70.7 Å². The average Bonchev–Trinajstić information content (AvgIpc) is 2.99. The predicted octanol–water partition coefficient (Wildman–Crippen LogP) is 11.6. The van der Waals surface area contributed by atoms with E-state index in [9.17, 15) is 70.7 Å². The molecule has 2 aliphatic rings. The zero-order valence-corrected chi connectivity index (χ0v) is 25.2. The van der Waals surface area contributed by atoms with E-state index in [1.54, 1.807) is 0 Å². The Morgan fingerprint density at radius 3 is 1.34 bits per heavy atom. The summed E-state index contributed by atoms with van der Waals surface area (Å²) in [5.74, 6) is -48.8. The second-order valence-electron chi connectivity index (χ2n) is 12.9. The van der Waals surface area contributed by atoms with E-state index in [-0.39, 0.29) is 0 Å². The maximum absolute atomic E-state index is 14.4. The fraction of sp³-hybridized carbons (Fsp3) is 0.774. The zero-order valence-electron chi connectivity index (χ0n) is 25.2. The van der Waals surface area contributed by atoms with Crippen LogP contribution in [0.1, 0.15) is 93.5 Å². The molecule has 0 atom stereocenters. The molecule has 2 fully saturated rings.